The van der Waals surface area contributed by atoms with Gasteiger partial charge in [0, 0.05) is 40.0 Å². The van der Waals surface area contributed by atoms with Gasteiger partial charge < -0.3 is 0 Å². The van der Waals surface area contributed by atoms with Crippen molar-refractivity contribution in [3.8, 4) is 5.69 Å². The lowest BCUT2D eigenvalue weighted by molar-refractivity contribution is 0.201. The minimum absolute atomic E-state index is 0.183. The minimum Gasteiger partial charge on any atom is -0.235 e. The van der Waals surface area contributed by atoms with E-state index < -0.39 is 10.0 Å². The maximum Gasteiger partial charge on any atom is 0.246 e. The smallest absolute Gasteiger partial charge is 0.235 e. The van der Waals surface area contributed by atoms with E-state index in [0.717, 1.165) is 68.4 Å². The number of halogens is 3. The summed E-state index contributed by atoms with van der Waals surface area (Å²) >= 11 is 18.9. The van der Waals surface area contributed by atoms with Crippen LogP contribution in [0, 0.1) is 0 Å². The quantitative estimate of drug-likeness (QED) is 0.360. The van der Waals surface area contributed by atoms with Crippen molar-refractivity contribution in [2.45, 2.75) is 44.4 Å². The molecule has 3 aromatic rings. The summed E-state index contributed by atoms with van der Waals surface area (Å²) in [5, 5.41) is 9.52. The predicted octanol–water partition coefficient (Wildman–Crippen LogP) is 6.40. The van der Waals surface area contributed by atoms with Crippen molar-refractivity contribution in [1.29, 1.82) is 0 Å². The molecule has 1 N–H and O–H groups in total. The van der Waals surface area contributed by atoms with Crippen LogP contribution in [0.4, 0.5) is 0 Å². The zero-order valence-corrected chi connectivity index (χ0v) is 22.7. The molecule has 1 atom stereocenters. The van der Waals surface area contributed by atoms with Crippen molar-refractivity contribution >= 4 is 50.9 Å². The standard InChI is InChI=1S/C26H27Cl3N4O2S/c27-20-6-4-5-18(16-20)15-19-7-9-22-24(11-14-36(34,35)31-32-12-2-1-3-13-32)30-33(26(19)22)25-10-8-21(28)17-23(25)29/h4-6,8,10-11,14,16-17,19,31H,1-3,7,9,12-13,15H2/b14-11+. The molecule has 1 fully saturated rings. The summed E-state index contributed by atoms with van der Waals surface area (Å²) in [6.45, 7) is 1.44. The van der Waals surface area contributed by atoms with E-state index >= 15 is 0 Å². The Morgan fingerprint density at radius 2 is 1.81 bits per heavy atom. The maximum atomic E-state index is 12.8. The topological polar surface area (TPSA) is 67.2 Å². The van der Waals surface area contributed by atoms with Crippen LogP contribution < -0.4 is 4.83 Å². The number of hydrazine groups is 1. The van der Waals surface area contributed by atoms with Gasteiger partial charge in [-0.2, -0.15) is 5.10 Å². The molecule has 0 saturated carbocycles. The zero-order chi connectivity index (χ0) is 25.3. The molecule has 36 heavy (non-hydrogen) atoms. The number of benzene rings is 2. The van der Waals surface area contributed by atoms with Gasteiger partial charge in [0.1, 0.15) is 0 Å². The van der Waals surface area contributed by atoms with Gasteiger partial charge in [-0.1, -0.05) is 53.4 Å². The minimum atomic E-state index is -3.64. The average Bonchev–Trinajstić information content (AvgIpc) is 3.40. The fourth-order valence-electron chi connectivity index (χ4n) is 5.08. The monoisotopic (exact) mass is 564 g/mol. The summed E-state index contributed by atoms with van der Waals surface area (Å²) in [5.74, 6) is 0.183. The van der Waals surface area contributed by atoms with E-state index in [9.17, 15) is 8.42 Å². The lowest BCUT2D eigenvalue weighted by atomic mass is 9.97. The number of piperidine rings is 1. The Hall–Kier alpha value is -1.87. The summed E-state index contributed by atoms with van der Waals surface area (Å²) in [4.78, 5) is 2.67. The van der Waals surface area contributed by atoms with E-state index in [4.69, 9.17) is 39.9 Å². The predicted molar refractivity (Wildman–Crippen MR) is 146 cm³/mol. The summed E-state index contributed by atoms with van der Waals surface area (Å²) in [6, 6.07) is 13.2. The van der Waals surface area contributed by atoms with Gasteiger partial charge in [-0.25, -0.2) is 18.1 Å². The molecule has 1 aromatic heterocycles. The number of aromatic nitrogens is 2. The zero-order valence-electron chi connectivity index (χ0n) is 19.6. The molecule has 0 spiro atoms. The van der Waals surface area contributed by atoms with Crippen LogP contribution in [0.3, 0.4) is 0 Å². The first-order chi connectivity index (χ1) is 17.3. The molecule has 0 amide bonds. The highest BCUT2D eigenvalue weighted by Crippen LogP contribution is 2.40. The van der Waals surface area contributed by atoms with Crippen molar-refractivity contribution in [3.05, 3.63) is 85.5 Å². The van der Waals surface area contributed by atoms with Gasteiger partial charge in [0.25, 0.3) is 0 Å². The number of hydrogen-bond donors (Lipinski definition) is 1. The van der Waals surface area contributed by atoms with Crippen LogP contribution in [0.5, 0.6) is 0 Å². The highest BCUT2D eigenvalue weighted by atomic mass is 35.5. The van der Waals surface area contributed by atoms with Crippen LogP contribution in [0.2, 0.25) is 15.1 Å². The molecule has 6 nitrogen and oxygen atoms in total. The molecule has 0 radical (unpaired) electrons. The molecule has 0 bridgehead atoms. The van der Waals surface area contributed by atoms with Crippen molar-refractivity contribution in [3.63, 3.8) is 0 Å². The van der Waals surface area contributed by atoms with Crippen LogP contribution >= 0.6 is 34.8 Å². The van der Waals surface area contributed by atoms with Gasteiger partial charge in [0.15, 0.2) is 0 Å². The van der Waals surface area contributed by atoms with Crippen molar-refractivity contribution in [1.82, 2.24) is 19.6 Å². The molecule has 10 heteroatoms. The van der Waals surface area contributed by atoms with Crippen molar-refractivity contribution < 1.29 is 8.42 Å². The Bertz CT molecular complexity index is 1400. The second-order valence-electron chi connectivity index (χ2n) is 9.31. The number of fused-ring (bicyclic) bond motifs is 1. The largest absolute Gasteiger partial charge is 0.246 e. The van der Waals surface area contributed by atoms with Gasteiger partial charge in [-0.3, -0.25) is 0 Å². The fraction of sp³-hybridized carbons (Fsp3) is 0.346. The Morgan fingerprint density at radius 3 is 2.56 bits per heavy atom. The first-order valence-corrected chi connectivity index (χ1v) is 14.7. The molecular formula is C26H27Cl3N4O2S. The first-order valence-electron chi connectivity index (χ1n) is 12.1. The lowest BCUT2D eigenvalue weighted by Crippen LogP contribution is -2.44. The van der Waals surface area contributed by atoms with Gasteiger partial charge in [-0.15, -0.1) is 4.83 Å². The molecular weight excluding hydrogens is 539 g/mol. The van der Waals surface area contributed by atoms with E-state index in [-0.39, 0.29) is 5.92 Å². The Morgan fingerprint density at radius 1 is 1.03 bits per heavy atom. The Balaban J connectivity index is 1.50. The number of sulfonamides is 1. The summed E-state index contributed by atoms with van der Waals surface area (Å²) in [5.41, 5.74) is 4.57. The molecule has 2 aliphatic rings. The molecule has 1 saturated heterocycles. The van der Waals surface area contributed by atoms with Gasteiger partial charge in [0.05, 0.1) is 22.1 Å². The number of rotatable bonds is 7. The second kappa shape index (κ2) is 10.9. The molecule has 1 unspecified atom stereocenters. The van der Waals surface area contributed by atoms with Crippen molar-refractivity contribution in [2.24, 2.45) is 0 Å². The summed E-state index contributed by atoms with van der Waals surface area (Å²) < 4.78 is 27.4. The highest BCUT2D eigenvalue weighted by Gasteiger charge is 2.31. The van der Waals surface area contributed by atoms with Crippen LogP contribution in [0.1, 0.15) is 54.1 Å². The Labute approximate surface area is 226 Å². The van der Waals surface area contributed by atoms with Gasteiger partial charge in [-0.05, 0) is 74.1 Å². The van der Waals surface area contributed by atoms with E-state index in [1.165, 1.54) is 5.41 Å². The van der Waals surface area contributed by atoms with Gasteiger partial charge in [0.2, 0.25) is 10.0 Å². The molecule has 1 aliphatic heterocycles. The normalized spacial score (nSPS) is 18.7. The fourth-order valence-corrected chi connectivity index (χ4v) is 6.69. The second-order valence-corrected chi connectivity index (χ2v) is 12.1. The van der Waals surface area contributed by atoms with E-state index in [1.807, 2.05) is 28.9 Å². The average molecular weight is 566 g/mol. The van der Waals surface area contributed by atoms with Crippen LogP contribution in [0.15, 0.2) is 47.9 Å². The molecule has 5 rings (SSSR count). The van der Waals surface area contributed by atoms with E-state index in [2.05, 4.69) is 10.9 Å². The third-order valence-electron chi connectivity index (χ3n) is 6.71. The number of hydrogen-bond acceptors (Lipinski definition) is 4. The van der Waals surface area contributed by atoms with Crippen LogP contribution in [0.25, 0.3) is 11.8 Å². The first kappa shape index (κ1) is 25.8. The van der Waals surface area contributed by atoms with Crippen LogP contribution in [-0.4, -0.2) is 36.3 Å². The SMILES string of the molecule is O=S(=O)(/C=C/c1nn(-c2ccc(Cl)cc2Cl)c2c1CCC2Cc1cccc(Cl)c1)NN1CCCCC1. The Kier molecular flexibility index (Phi) is 7.77. The molecule has 2 heterocycles. The highest BCUT2D eigenvalue weighted by molar-refractivity contribution is 7.92. The van der Waals surface area contributed by atoms with E-state index in [0.29, 0.717) is 26.4 Å². The number of nitrogens with zero attached hydrogens (tertiary/aromatic N) is 3. The third kappa shape index (κ3) is 5.82. The van der Waals surface area contributed by atoms with Crippen LogP contribution in [-0.2, 0) is 22.9 Å². The maximum absolute atomic E-state index is 12.8. The molecule has 190 valence electrons. The van der Waals surface area contributed by atoms with Crippen molar-refractivity contribution in [2.75, 3.05) is 13.1 Å². The molecule has 1 aliphatic carbocycles. The third-order valence-corrected chi connectivity index (χ3v) is 8.49. The summed E-state index contributed by atoms with van der Waals surface area (Å²) in [7, 11) is -3.64. The lowest BCUT2D eigenvalue weighted by Gasteiger charge is -2.25. The number of nitrogens with one attached hydrogen (secondary N) is 1. The summed E-state index contributed by atoms with van der Waals surface area (Å²) in [6.07, 6.45) is 7.20. The molecule has 2 aromatic carbocycles. The van der Waals surface area contributed by atoms with Gasteiger partial charge >= 0.3 is 0 Å². The van der Waals surface area contributed by atoms with E-state index in [1.54, 1.807) is 23.2 Å².